The maximum Gasteiger partial charge on any atom is 0.268 e. The van der Waals surface area contributed by atoms with Gasteiger partial charge in [-0.15, -0.1) is 0 Å². The molecule has 1 aromatic carbocycles. The lowest BCUT2D eigenvalue weighted by atomic mass is 10.2. The third kappa shape index (κ3) is 3.07. The van der Waals surface area contributed by atoms with Gasteiger partial charge in [0.05, 0.1) is 16.8 Å². The summed E-state index contributed by atoms with van der Waals surface area (Å²) in [5, 5.41) is 0.502. The van der Waals surface area contributed by atoms with E-state index in [1.807, 2.05) is 24.5 Å². The number of hydrogen-bond donors (Lipinski definition) is 2. The molecule has 0 saturated carbocycles. The molecule has 3 N–H and O–H groups in total. The summed E-state index contributed by atoms with van der Waals surface area (Å²) in [5.74, 6) is 5.58. The van der Waals surface area contributed by atoms with Gasteiger partial charge in [0.2, 0.25) is 0 Å². The van der Waals surface area contributed by atoms with Gasteiger partial charge in [0.15, 0.2) is 5.76 Å². The molecule has 0 fully saturated rings. The highest BCUT2D eigenvalue weighted by Gasteiger charge is 2.14. The Morgan fingerprint density at radius 2 is 2.26 bits per heavy atom. The third-order valence-electron chi connectivity index (χ3n) is 2.57. The second-order valence-electron chi connectivity index (χ2n) is 3.95. The normalized spacial score (nSPS) is 10.3. The molecule has 0 aliphatic rings. The smallest absolute Gasteiger partial charge is 0.268 e. The molecule has 0 spiro atoms. The van der Waals surface area contributed by atoms with Crippen LogP contribution in [0.1, 0.15) is 21.7 Å². The zero-order valence-corrected chi connectivity index (χ0v) is 11.0. The van der Waals surface area contributed by atoms with E-state index >= 15 is 0 Å². The number of nitrogens with one attached hydrogen (secondary N) is 1. The lowest BCUT2D eigenvalue weighted by Gasteiger charge is -2.08. The summed E-state index contributed by atoms with van der Waals surface area (Å²) in [7, 11) is 0. The summed E-state index contributed by atoms with van der Waals surface area (Å²) in [6.45, 7) is 2.03. The first-order valence-corrected chi connectivity index (χ1v) is 5.96. The van der Waals surface area contributed by atoms with Gasteiger partial charge in [0.25, 0.3) is 5.91 Å². The van der Waals surface area contributed by atoms with Crippen LogP contribution < -0.4 is 16.0 Å². The number of hydrazine groups is 1. The van der Waals surface area contributed by atoms with Crippen LogP contribution in [-0.2, 0) is 6.61 Å². The van der Waals surface area contributed by atoms with Crippen molar-refractivity contribution in [2.75, 3.05) is 0 Å². The van der Waals surface area contributed by atoms with E-state index in [1.54, 1.807) is 6.07 Å². The molecule has 0 radical (unpaired) electrons. The number of benzene rings is 1. The fourth-order valence-electron chi connectivity index (χ4n) is 1.60. The molecule has 2 rings (SSSR count). The SMILES string of the molecule is Cc1ccc(Cl)c(OCc2occc2C(=O)NN)c1. The van der Waals surface area contributed by atoms with Crippen LogP contribution in [0.5, 0.6) is 5.75 Å². The molecule has 6 heteroatoms. The molecule has 5 nitrogen and oxygen atoms in total. The van der Waals surface area contributed by atoms with Gasteiger partial charge < -0.3 is 9.15 Å². The molecule has 100 valence electrons. The second-order valence-corrected chi connectivity index (χ2v) is 4.36. The molecule has 0 bridgehead atoms. The molecule has 0 atom stereocenters. The standard InChI is InChI=1S/C13H13ClN2O3/c1-8-2-3-10(14)11(6-8)19-7-12-9(4-5-18-12)13(17)16-15/h2-6H,7,15H2,1H3,(H,16,17). The first kappa shape index (κ1) is 13.5. The number of halogens is 1. The van der Waals surface area contributed by atoms with Crippen LogP contribution in [0.2, 0.25) is 5.02 Å². The average molecular weight is 281 g/mol. The monoisotopic (exact) mass is 280 g/mol. The zero-order chi connectivity index (χ0) is 13.8. The molecular formula is C13H13ClN2O3. The molecule has 0 unspecified atom stereocenters. The van der Waals surface area contributed by atoms with Gasteiger partial charge in [-0.3, -0.25) is 10.2 Å². The minimum absolute atomic E-state index is 0.0962. The Labute approximate surface area is 115 Å². The van der Waals surface area contributed by atoms with E-state index in [9.17, 15) is 4.79 Å². The fraction of sp³-hybridized carbons (Fsp3) is 0.154. The van der Waals surface area contributed by atoms with Crippen molar-refractivity contribution in [3.8, 4) is 5.75 Å². The summed E-state index contributed by atoms with van der Waals surface area (Å²) in [6, 6.07) is 6.98. The van der Waals surface area contributed by atoms with E-state index < -0.39 is 5.91 Å². The number of furan rings is 1. The predicted molar refractivity (Wildman–Crippen MR) is 70.9 cm³/mol. The first-order chi connectivity index (χ1) is 9.11. The Hall–Kier alpha value is -1.98. The summed E-state index contributed by atoms with van der Waals surface area (Å²) in [4.78, 5) is 11.5. The van der Waals surface area contributed by atoms with Gasteiger partial charge in [-0.2, -0.15) is 0 Å². The van der Waals surface area contributed by atoms with Crippen LogP contribution >= 0.6 is 11.6 Å². The summed E-state index contributed by atoms with van der Waals surface area (Å²) in [6.07, 6.45) is 1.40. The van der Waals surface area contributed by atoms with E-state index in [0.717, 1.165) is 5.56 Å². The molecule has 0 saturated heterocycles. The van der Waals surface area contributed by atoms with Crippen molar-refractivity contribution < 1.29 is 13.9 Å². The second kappa shape index (κ2) is 5.77. The zero-order valence-electron chi connectivity index (χ0n) is 10.3. The topological polar surface area (TPSA) is 77.5 Å². The number of hydrogen-bond acceptors (Lipinski definition) is 4. The Morgan fingerprint density at radius 3 is 3.00 bits per heavy atom. The van der Waals surface area contributed by atoms with Crippen molar-refractivity contribution in [2.45, 2.75) is 13.5 Å². The number of aryl methyl sites for hydroxylation is 1. The van der Waals surface area contributed by atoms with E-state index in [2.05, 4.69) is 0 Å². The molecule has 1 aromatic heterocycles. The molecule has 19 heavy (non-hydrogen) atoms. The van der Waals surface area contributed by atoms with Crippen LogP contribution in [0.3, 0.4) is 0 Å². The summed E-state index contributed by atoms with van der Waals surface area (Å²) in [5.41, 5.74) is 3.41. The van der Waals surface area contributed by atoms with Gasteiger partial charge in [0, 0.05) is 0 Å². The highest BCUT2D eigenvalue weighted by Crippen LogP contribution is 2.26. The average Bonchev–Trinajstić information content (AvgIpc) is 2.87. The number of carbonyl (C=O) groups is 1. The van der Waals surface area contributed by atoms with Gasteiger partial charge in [-0.05, 0) is 30.7 Å². The van der Waals surface area contributed by atoms with E-state index in [0.29, 0.717) is 22.1 Å². The van der Waals surface area contributed by atoms with Crippen LogP contribution in [0.25, 0.3) is 0 Å². The van der Waals surface area contributed by atoms with Crippen molar-refractivity contribution in [3.63, 3.8) is 0 Å². The van der Waals surface area contributed by atoms with E-state index in [-0.39, 0.29) is 6.61 Å². The quantitative estimate of drug-likeness (QED) is 0.512. The maximum absolute atomic E-state index is 11.5. The molecule has 0 aliphatic heterocycles. The fourth-order valence-corrected chi connectivity index (χ4v) is 1.77. The number of rotatable bonds is 4. The Bertz CT molecular complexity index is 595. The third-order valence-corrected chi connectivity index (χ3v) is 2.88. The van der Waals surface area contributed by atoms with Gasteiger partial charge in [0.1, 0.15) is 12.4 Å². The number of amides is 1. The Balaban J connectivity index is 2.13. The first-order valence-electron chi connectivity index (χ1n) is 5.58. The number of ether oxygens (including phenoxy) is 1. The largest absolute Gasteiger partial charge is 0.484 e. The van der Waals surface area contributed by atoms with Gasteiger partial charge >= 0.3 is 0 Å². The molecule has 2 aromatic rings. The molecular weight excluding hydrogens is 268 g/mol. The molecule has 0 aliphatic carbocycles. The van der Waals surface area contributed by atoms with Crippen LogP contribution in [0, 0.1) is 6.92 Å². The number of nitrogen functional groups attached to an aromatic ring is 1. The lowest BCUT2D eigenvalue weighted by molar-refractivity contribution is 0.0949. The number of nitrogens with two attached hydrogens (primary N) is 1. The highest BCUT2D eigenvalue weighted by molar-refractivity contribution is 6.32. The lowest BCUT2D eigenvalue weighted by Crippen LogP contribution is -2.30. The van der Waals surface area contributed by atoms with Crippen LogP contribution in [-0.4, -0.2) is 5.91 Å². The van der Waals surface area contributed by atoms with Crippen molar-refractivity contribution in [1.82, 2.24) is 5.43 Å². The van der Waals surface area contributed by atoms with Gasteiger partial charge in [-0.25, -0.2) is 5.84 Å². The minimum atomic E-state index is -0.428. The Kier molecular flexibility index (Phi) is 4.09. The summed E-state index contributed by atoms with van der Waals surface area (Å²) < 4.78 is 10.7. The van der Waals surface area contributed by atoms with E-state index in [4.69, 9.17) is 26.6 Å². The highest BCUT2D eigenvalue weighted by atomic mass is 35.5. The van der Waals surface area contributed by atoms with Crippen LogP contribution in [0.15, 0.2) is 34.9 Å². The molecule has 1 heterocycles. The minimum Gasteiger partial charge on any atom is -0.484 e. The van der Waals surface area contributed by atoms with Crippen molar-refractivity contribution in [3.05, 3.63) is 52.4 Å². The van der Waals surface area contributed by atoms with Crippen LogP contribution in [0.4, 0.5) is 0 Å². The van der Waals surface area contributed by atoms with E-state index in [1.165, 1.54) is 12.3 Å². The van der Waals surface area contributed by atoms with Crippen molar-refractivity contribution >= 4 is 17.5 Å². The Morgan fingerprint density at radius 1 is 1.47 bits per heavy atom. The summed E-state index contributed by atoms with van der Waals surface area (Å²) >= 11 is 6.01. The van der Waals surface area contributed by atoms with Crippen molar-refractivity contribution in [2.24, 2.45) is 5.84 Å². The number of carbonyl (C=O) groups excluding carboxylic acids is 1. The maximum atomic E-state index is 11.5. The predicted octanol–water partition coefficient (Wildman–Crippen LogP) is 2.42. The van der Waals surface area contributed by atoms with Gasteiger partial charge in [-0.1, -0.05) is 17.7 Å². The van der Waals surface area contributed by atoms with Crippen molar-refractivity contribution in [1.29, 1.82) is 0 Å². The molecule has 1 amide bonds.